The maximum atomic E-state index is 14.7. The van der Waals surface area contributed by atoms with Crippen LogP contribution < -0.4 is 25.7 Å². The molecule has 5 N–H and O–H groups in total. The van der Waals surface area contributed by atoms with Gasteiger partial charge < -0.3 is 54.7 Å². The van der Waals surface area contributed by atoms with E-state index in [1.165, 1.54) is 13.2 Å². The average molecular weight is 978 g/mol. The summed E-state index contributed by atoms with van der Waals surface area (Å²) in [5, 5.41) is 49.7. The number of aliphatic hydroxyl groups excluding tert-OH is 2. The van der Waals surface area contributed by atoms with Crippen LogP contribution in [-0.4, -0.2) is 134 Å². The van der Waals surface area contributed by atoms with Crippen molar-refractivity contribution in [1.29, 1.82) is 0 Å². The van der Waals surface area contributed by atoms with Crippen molar-refractivity contribution < 1.29 is 53.8 Å². The summed E-state index contributed by atoms with van der Waals surface area (Å²) >= 11 is 0. The van der Waals surface area contributed by atoms with E-state index in [4.69, 9.17) is 24.2 Å². The van der Waals surface area contributed by atoms with Crippen molar-refractivity contribution in [3.63, 3.8) is 0 Å². The topological polar surface area (TPSA) is 236 Å². The number of ether oxygens (including phenoxy) is 3. The number of hydrogen-bond donors (Lipinski definition) is 5. The molecule has 3 aromatic rings. The van der Waals surface area contributed by atoms with Gasteiger partial charge in [-0.25, -0.2) is 0 Å². The van der Waals surface area contributed by atoms with E-state index in [0.29, 0.717) is 57.9 Å². The fraction of sp³-hybridized carbons (Fsp3) is 0.528. The van der Waals surface area contributed by atoms with E-state index in [9.17, 15) is 39.6 Å². The Hall–Kier alpha value is -6.37. The number of rotatable bonds is 6. The smallest absolute Gasteiger partial charge is 0.315 e. The highest BCUT2D eigenvalue weighted by atomic mass is 16.7. The number of hydrogen-bond acceptors (Lipinski definition) is 16. The summed E-state index contributed by atoms with van der Waals surface area (Å²) in [6, 6.07) is 3.84. The van der Waals surface area contributed by atoms with Crippen molar-refractivity contribution in [2.24, 2.45) is 21.8 Å². The lowest BCUT2D eigenvalue weighted by atomic mass is 9.93. The molecule has 5 bridgehead atoms. The summed E-state index contributed by atoms with van der Waals surface area (Å²) in [5.41, 5.74) is 0.419. The number of likely N-dealkylation sites (tertiary alicyclic amines) is 1. The molecule has 2 aromatic carbocycles. The average Bonchev–Trinajstić information content (AvgIpc) is 3.69. The van der Waals surface area contributed by atoms with Gasteiger partial charge in [0.25, 0.3) is 11.7 Å². The van der Waals surface area contributed by atoms with Crippen LogP contribution in [0.2, 0.25) is 0 Å². The Bertz CT molecular complexity index is 2770. The number of aromatic hydroxyl groups is 2. The van der Waals surface area contributed by atoms with Crippen molar-refractivity contribution in [3.8, 4) is 17.2 Å². The van der Waals surface area contributed by atoms with Crippen molar-refractivity contribution in [2.75, 3.05) is 56.0 Å². The van der Waals surface area contributed by atoms with Crippen molar-refractivity contribution in [1.82, 2.24) is 14.8 Å². The molecule has 71 heavy (non-hydrogen) atoms. The molecule has 18 heteroatoms. The maximum absolute atomic E-state index is 14.7. The summed E-state index contributed by atoms with van der Waals surface area (Å²) in [7, 11) is 0. The van der Waals surface area contributed by atoms with E-state index >= 15 is 0 Å². The van der Waals surface area contributed by atoms with Crippen LogP contribution in [0.1, 0.15) is 102 Å². The van der Waals surface area contributed by atoms with Crippen molar-refractivity contribution in [3.05, 3.63) is 82.5 Å². The number of esters is 1. The molecule has 5 atom stereocenters. The van der Waals surface area contributed by atoms with Crippen LogP contribution in [0.3, 0.4) is 0 Å². The lowest BCUT2D eigenvalue weighted by Gasteiger charge is -2.36. The van der Waals surface area contributed by atoms with Crippen LogP contribution in [-0.2, 0) is 23.9 Å². The van der Waals surface area contributed by atoms with Gasteiger partial charge in [-0.3, -0.25) is 34.1 Å². The van der Waals surface area contributed by atoms with Crippen LogP contribution in [0, 0.1) is 18.8 Å². The number of nitrogens with zero attached hydrogens (tertiary/aromatic N) is 6. The Morgan fingerprint density at radius 3 is 2.42 bits per heavy atom. The minimum absolute atomic E-state index is 0.0379. The Morgan fingerprint density at radius 2 is 1.69 bits per heavy atom. The number of carbonyl (C=O) groups excluding carboxylic acids is 4. The molecule has 1 spiro atoms. The molecule has 380 valence electrons. The zero-order valence-corrected chi connectivity index (χ0v) is 41.5. The fourth-order valence-electron chi connectivity index (χ4n) is 10.2. The van der Waals surface area contributed by atoms with Gasteiger partial charge in [0, 0.05) is 113 Å². The lowest BCUT2D eigenvalue weighted by Crippen LogP contribution is -2.43. The number of fused-ring (bicyclic) bond motifs is 13. The van der Waals surface area contributed by atoms with E-state index in [0.717, 1.165) is 18.8 Å². The molecular formula is C53H67N7O11. The number of allylic oxidation sites excluding steroid dienone is 3. The van der Waals surface area contributed by atoms with E-state index in [-0.39, 0.29) is 87.0 Å². The third kappa shape index (κ3) is 10.9. The molecule has 7 heterocycles. The largest absolute Gasteiger partial charge is 0.507 e. The number of aliphatic hydroxyl groups is 2. The van der Waals surface area contributed by atoms with Crippen LogP contribution in [0.25, 0.3) is 10.8 Å². The highest BCUT2D eigenvalue weighted by Crippen LogP contribution is 2.50. The summed E-state index contributed by atoms with van der Waals surface area (Å²) in [6.45, 7) is 15.2. The molecule has 2 fully saturated rings. The minimum atomic E-state index is -1.93. The molecule has 2 saturated heterocycles. The molecule has 18 nitrogen and oxygen atoms in total. The molecular weight excluding hydrogens is 911 g/mol. The molecule has 0 aliphatic carbocycles. The number of piperidine rings is 1. The highest BCUT2D eigenvalue weighted by molar-refractivity contribution is 6.19. The third-order valence-electron chi connectivity index (χ3n) is 14.2. The zero-order valence-electron chi connectivity index (χ0n) is 41.5. The van der Waals surface area contributed by atoms with E-state index in [1.54, 1.807) is 62.4 Å². The second-order valence-electron chi connectivity index (χ2n) is 20.1. The summed E-state index contributed by atoms with van der Waals surface area (Å²) in [6.07, 6.45) is 9.89. The van der Waals surface area contributed by atoms with Gasteiger partial charge in [0.1, 0.15) is 35.1 Å². The Kier molecular flexibility index (Phi) is 15.2. The zero-order chi connectivity index (χ0) is 50.8. The summed E-state index contributed by atoms with van der Waals surface area (Å²) in [5.74, 6) is -5.07. The number of benzene rings is 2. The van der Waals surface area contributed by atoms with Gasteiger partial charge in [0.15, 0.2) is 11.4 Å². The van der Waals surface area contributed by atoms with Crippen LogP contribution >= 0.6 is 0 Å². The molecule has 0 saturated carbocycles. The number of phenols is 2. The van der Waals surface area contributed by atoms with Crippen LogP contribution in [0.5, 0.6) is 17.2 Å². The number of ketones is 1. The molecule has 1 aromatic heterocycles. The van der Waals surface area contributed by atoms with Gasteiger partial charge in [-0.05, 0) is 63.7 Å². The molecule has 2 amide bonds. The van der Waals surface area contributed by atoms with Crippen molar-refractivity contribution in [2.45, 2.75) is 123 Å². The minimum Gasteiger partial charge on any atom is -0.507 e. The standard InChI is InChI=1S/C53H67N7O11/c1-31(2)30-58-22-16-53(17-23-58)56-44-41-42-47(65)34(5)49-43(41)50(67)52(6,71-49)69-26-8-7-13-37(70-40(64)29-39(63)60-21-10-20-59(24-25-60)35-14-18-54-19-15-35)27-36(61)28-38(62)32(3)11-9-12-33(4)51(68)55-46(48(42)66)45(44)57-53/h8-9,11-12,14-15,18-19,26,31-32,36-38,61-62,65-66H,7,10,13,16-17,20-25,27-30H2,1-6H3,(H,55,68)/b11-9+,26-8+,33-12-/t32?,36?,37-,38-,52+/m1/s1. The van der Waals surface area contributed by atoms with Gasteiger partial charge in [0.05, 0.1) is 34.8 Å². The molecule has 9 rings (SSSR count). The molecule has 2 unspecified atom stereocenters. The first-order valence-corrected chi connectivity index (χ1v) is 24.8. The van der Waals surface area contributed by atoms with E-state index in [1.807, 2.05) is 12.1 Å². The van der Waals surface area contributed by atoms with Crippen LogP contribution in [0.4, 0.5) is 11.4 Å². The number of anilines is 2. The van der Waals surface area contributed by atoms with Gasteiger partial charge in [-0.15, -0.1) is 0 Å². The second kappa shape index (κ2) is 21.2. The third-order valence-corrected chi connectivity index (χ3v) is 14.2. The first-order chi connectivity index (χ1) is 33.9. The number of phenolic OH excluding ortho intramolecular Hbond substituents is 2. The number of pyridine rings is 1. The van der Waals surface area contributed by atoms with Gasteiger partial charge in [0.2, 0.25) is 5.91 Å². The SMILES string of the molecule is C/C1=C/C=C/C(C)[C@H](O)CC(O)C[C@H](OC(=O)CC(=O)N2CCCN(c3ccncc3)CC2)CC/C=C/O[C@@]2(C)Oc3c(C)c(O)c4c(O)c(c5c(c4c3C2=O)=NC2(CCN(CC(C)C)CC2)N=5)NC1=O. The first kappa shape index (κ1) is 51.0. The molecule has 6 aliphatic heterocycles. The van der Waals surface area contributed by atoms with Gasteiger partial charge >= 0.3 is 11.8 Å². The fourth-order valence-corrected chi connectivity index (χ4v) is 10.2. The monoisotopic (exact) mass is 977 g/mol. The predicted octanol–water partition coefficient (Wildman–Crippen LogP) is 4.89. The van der Waals surface area contributed by atoms with Crippen LogP contribution in [0.15, 0.2) is 70.7 Å². The number of nitrogens with one attached hydrogen (secondary N) is 1. The Labute approximate surface area is 413 Å². The Morgan fingerprint density at radius 1 is 0.958 bits per heavy atom. The van der Waals surface area contributed by atoms with Gasteiger partial charge in [-0.1, -0.05) is 39.0 Å². The molecule has 6 aliphatic rings. The second-order valence-corrected chi connectivity index (χ2v) is 20.1. The quantitative estimate of drug-likeness (QED) is 0.126. The first-order valence-electron chi connectivity index (χ1n) is 24.8. The van der Waals surface area contributed by atoms with E-state index in [2.05, 4.69) is 33.9 Å². The van der Waals surface area contributed by atoms with Gasteiger partial charge in [-0.2, -0.15) is 0 Å². The maximum Gasteiger partial charge on any atom is 0.315 e. The number of aromatic nitrogens is 1. The van der Waals surface area contributed by atoms with E-state index < -0.39 is 65.5 Å². The molecule has 0 radical (unpaired) electrons. The predicted molar refractivity (Wildman–Crippen MR) is 264 cm³/mol. The number of carbonyl (C=O) groups is 4. The van der Waals surface area contributed by atoms with Crippen molar-refractivity contribution >= 4 is 45.7 Å². The summed E-state index contributed by atoms with van der Waals surface area (Å²) in [4.78, 5) is 76.1. The summed E-state index contributed by atoms with van der Waals surface area (Å²) < 4.78 is 18.2. The highest BCUT2D eigenvalue weighted by Gasteiger charge is 2.50. The number of amides is 2. The normalized spacial score (nSPS) is 26.9. The number of Topliss-reactive ketones (excluding diaryl/α,β-unsaturated/α-hetero) is 1. The Balaban J connectivity index is 1.08. The lowest BCUT2D eigenvalue weighted by molar-refractivity contribution is -0.154.